The maximum Gasteiger partial charge on any atom is 0.224 e. The molecule has 1 amide bonds. The van der Waals surface area contributed by atoms with Gasteiger partial charge in [-0.3, -0.25) is 4.79 Å². The van der Waals surface area contributed by atoms with E-state index in [-0.39, 0.29) is 5.91 Å². The lowest BCUT2D eigenvalue weighted by atomic mass is 10.2. The molecule has 23 heavy (non-hydrogen) atoms. The van der Waals surface area contributed by atoms with Gasteiger partial charge in [-0.1, -0.05) is 30.3 Å². The fourth-order valence-corrected chi connectivity index (χ4v) is 2.33. The average Bonchev–Trinajstić information content (AvgIpc) is 2.56. The molecule has 1 N–H and O–H groups in total. The maximum absolute atomic E-state index is 12.2. The van der Waals surface area contributed by atoms with Gasteiger partial charge in [-0.15, -0.1) is 0 Å². The van der Waals surface area contributed by atoms with Crippen LogP contribution in [0.15, 0.2) is 54.6 Å². The van der Waals surface area contributed by atoms with E-state index in [0.29, 0.717) is 19.5 Å². The Bertz CT molecular complexity index is 608. The molecular formula is C19H25N3O. The van der Waals surface area contributed by atoms with Crippen LogP contribution in [0.3, 0.4) is 0 Å². The molecule has 0 radical (unpaired) electrons. The molecular weight excluding hydrogens is 286 g/mol. The topological polar surface area (TPSA) is 35.6 Å². The van der Waals surface area contributed by atoms with Crippen LogP contribution < -0.4 is 10.2 Å². The van der Waals surface area contributed by atoms with Gasteiger partial charge in [0, 0.05) is 52.0 Å². The molecule has 2 aromatic rings. The molecule has 0 aliphatic carbocycles. The SMILES string of the molecule is CN(Cc1ccccc1)C(=O)CCNc1ccc(N(C)C)cc1. The molecule has 0 unspecified atom stereocenters. The monoisotopic (exact) mass is 311 g/mol. The van der Waals surface area contributed by atoms with Crippen LogP contribution in [0.25, 0.3) is 0 Å². The van der Waals surface area contributed by atoms with Crippen LogP contribution >= 0.6 is 0 Å². The van der Waals surface area contributed by atoms with Crippen LogP contribution in [0.4, 0.5) is 11.4 Å². The molecule has 2 aromatic carbocycles. The Morgan fingerprint density at radius 1 is 0.957 bits per heavy atom. The number of rotatable bonds is 7. The summed E-state index contributed by atoms with van der Waals surface area (Å²) in [4.78, 5) is 16.0. The third-order valence-electron chi connectivity index (χ3n) is 3.74. The number of carbonyl (C=O) groups excluding carboxylic acids is 1. The van der Waals surface area contributed by atoms with Gasteiger partial charge in [0.25, 0.3) is 0 Å². The zero-order valence-electron chi connectivity index (χ0n) is 14.1. The van der Waals surface area contributed by atoms with Crippen molar-refractivity contribution in [2.75, 3.05) is 37.9 Å². The van der Waals surface area contributed by atoms with Crippen LogP contribution in [0.2, 0.25) is 0 Å². The van der Waals surface area contributed by atoms with Crippen molar-refractivity contribution >= 4 is 17.3 Å². The molecule has 0 fully saturated rings. The van der Waals surface area contributed by atoms with Gasteiger partial charge in [0.2, 0.25) is 5.91 Å². The Kier molecular flexibility index (Phi) is 6.03. The Labute approximate surface area is 138 Å². The van der Waals surface area contributed by atoms with Crippen molar-refractivity contribution in [2.24, 2.45) is 0 Å². The first-order valence-electron chi connectivity index (χ1n) is 7.85. The molecule has 0 aromatic heterocycles. The summed E-state index contributed by atoms with van der Waals surface area (Å²) >= 11 is 0. The summed E-state index contributed by atoms with van der Waals surface area (Å²) in [5.41, 5.74) is 3.35. The highest BCUT2D eigenvalue weighted by atomic mass is 16.2. The highest BCUT2D eigenvalue weighted by Crippen LogP contribution is 2.15. The van der Waals surface area contributed by atoms with E-state index in [1.165, 1.54) is 0 Å². The highest BCUT2D eigenvalue weighted by molar-refractivity contribution is 5.76. The fraction of sp³-hybridized carbons (Fsp3) is 0.316. The predicted molar refractivity (Wildman–Crippen MR) is 96.8 cm³/mol. The van der Waals surface area contributed by atoms with Gasteiger partial charge in [0.15, 0.2) is 0 Å². The first-order valence-corrected chi connectivity index (χ1v) is 7.85. The van der Waals surface area contributed by atoms with Crippen LogP contribution in [0.1, 0.15) is 12.0 Å². The Hall–Kier alpha value is -2.49. The van der Waals surface area contributed by atoms with Crippen molar-refractivity contribution < 1.29 is 4.79 Å². The van der Waals surface area contributed by atoms with Crippen LogP contribution in [0.5, 0.6) is 0 Å². The largest absolute Gasteiger partial charge is 0.385 e. The molecule has 0 saturated heterocycles. The van der Waals surface area contributed by atoms with E-state index in [1.54, 1.807) is 4.90 Å². The summed E-state index contributed by atoms with van der Waals surface area (Å²) in [5, 5.41) is 3.29. The number of nitrogens with one attached hydrogen (secondary N) is 1. The molecule has 0 atom stereocenters. The minimum atomic E-state index is 0.145. The lowest BCUT2D eigenvalue weighted by molar-refractivity contribution is -0.130. The number of benzene rings is 2. The number of amides is 1. The van der Waals surface area contributed by atoms with Gasteiger partial charge in [-0.25, -0.2) is 0 Å². The average molecular weight is 311 g/mol. The van der Waals surface area contributed by atoms with E-state index in [9.17, 15) is 4.79 Å². The summed E-state index contributed by atoms with van der Waals surface area (Å²) in [6.07, 6.45) is 0.485. The number of hydrogen-bond donors (Lipinski definition) is 1. The van der Waals surface area contributed by atoms with Crippen molar-refractivity contribution in [1.82, 2.24) is 4.90 Å². The summed E-state index contributed by atoms with van der Waals surface area (Å²) in [6.45, 7) is 1.29. The van der Waals surface area contributed by atoms with Crippen molar-refractivity contribution in [3.63, 3.8) is 0 Å². The fourth-order valence-electron chi connectivity index (χ4n) is 2.33. The van der Waals surface area contributed by atoms with E-state index in [0.717, 1.165) is 16.9 Å². The summed E-state index contributed by atoms with van der Waals surface area (Å²) in [5.74, 6) is 0.145. The van der Waals surface area contributed by atoms with Crippen molar-refractivity contribution in [1.29, 1.82) is 0 Å². The molecule has 0 heterocycles. The first-order chi connectivity index (χ1) is 11.1. The lowest BCUT2D eigenvalue weighted by Crippen LogP contribution is -2.27. The number of nitrogens with zero attached hydrogens (tertiary/aromatic N) is 2. The van der Waals surface area contributed by atoms with Gasteiger partial charge in [-0.2, -0.15) is 0 Å². The summed E-state index contributed by atoms with van der Waals surface area (Å²) in [6, 6.07) is 18.2. The first kappa shape index (κ1) is 16.9. The Morgan fingerprint density at radius 2 is 1.61 bits per heavy atom. The van der Waals surface area contributed by atoms with Gasteiger partial charge >= 0.3 is 0 Å². The van der Waals surface area contributed by atoms with Crippen LogP contribution in [0, 0.1) is 0 Å². The molecule has 0 bridgehead atoms. The summed E-state index contributed by atoms with van der Waals surface area (Å²) in [7, 11) is 5.88. The van der Waals surface area contributed by atoms with E-state index >= 15 is 0 Å². The predicted octanol–water partition coefficient (Wildman–Crippen LogP) is 3.21. The Balaban J connectivity index is 1.75. The number of hydrogen-bond acceptors (Lipinski definition) is 3. The minimum absolute atomic E-state index is 0.145. The molecule has 0 spiro atoms. The third-order valence-corrected chi connectivity index (χ3v) is 3.74. The van der Waals surface area contributed by atoms with E-state index in [1.807, 2.05) is 63.6 Å². The quantitative estimate of drug-likeness (QED) is 0.853. The van der Waals surface area contributed by atoms with Gasteiger partial charge < -0.3 is 15.1 Å². The lowest BCUT2D eigenvalue weighted by Gasteiger charge is -2.18. The standard InChI is InChI=1S/C19H25N3O/c1-21(2)18-11-9-17(10-12-18)20-14-13-19(23)22(3)15-16-7-5-4-6-8-16/h4-12,20H,13-15H2,1-3H3. The second-order valence-corrected chi connectivity index (χ2v) is 5.85. The zero-order valence-corrected chi connectivity index (χ0v) is 14.1. The maximum atomic E-state index is 12.2. The van der Waals surface area contributed by atoms with Gasteiger partial charge in [0.1, 0.15) is 0 Å². The highest BCUT2D eigenvalue weighted by Gasteiger charge is 2.08. The molecule has 4 heteroatoms. The van der Waals surface area contributed by atoms with E-state index < -0.39 is 0 Å². The normalized spacial score (nSPS) is 10.2. The van der Waals surface area contributed by atoms with E-state index in [4.69, 9.17) is 0 Å². The van der Waals surface area contributed by atoms with Crippen LogP contribution in [-0.4, -0.2) is 38.5 Å². The van der Waals surface area contributed by atoms with Gasteiger partial charge in [0.05, 0.1) is 0 Å². The molecule has 2 rings (SSSR count). The van der Waals surface area contributed by atoms with E-state index in [2.05, 4.69) is 22.3 Å². The minimum Gasteiger partial charge on any atom is -0.385 e. The number of anilines is 2. The van der Waals surface area contributed by atoms with Crippen molar-refractivity contribution in [3.8, 4) is 0 Å². The Morgan fingerprint density at radius 3 is 2.22 bits per heavy atom. The molecule has 122 valence electrons. The zero-order chi connectivity index (χ0) is 16.7. The van der Waals surface area contributed by atoms with Crippen LogP contribution in [-0.2, 0) is 11.3 Å². The van der Waals surface area contributed by atoms with Crippen molar-refractivity contribution in [2.45, 2.75) is 13.0 Å². The summed E-state index contributed by atoms with van der Waals surface area (Å²) < 4.78 is 0. The van der Waals surface area contributed by atoms with Gasteiger partial charge in [-0.05, 0) is 29.8 Å². The second-order valence-electron chi connectivity index (χ2n) is 5.85. The number of carbonyl (C=O) groups is 1. The smallest absolute Gasteiger partial charge is 0.224 e. The third kappa shape index (κ3) is 5.33. The molecule has 0 saturated carbocycles. The molecule has 0 aliphatic heterocycles. The molecule has 0 aliphatic rings. The van der Waals surface area contributed by atoms with Crippen molar-refractivity contribution in [3.05, 3.63) is 60.2 Å². The second kappa shape index (κ2) is 8.22. The molecule has 4 nitrogen and oxygen atoms in total.